The van der Waals surface area contributed by atoms with E-state index in [1.54, 1.807) is 30.3 Å². The summed E-state index contributed by atoms with van der Waals surface area (Å²) in [4.78, 5) is 2.58. The van der Waals surface area contributed by atoms with Gasteiger partial charge in [0.2, 0.25) is 0 Å². The lowest BCUT2D eigenvalue weighted by atomic mass is 10.2. The minimum Gasteiger partial charge on any atom is -0.459 e. The third-order valence-corrected chi connectivity index (χ3v) is 11.3. The van der Waals surface area contributed by atoms with Crippen molar-refractivity contribution in [2.75, 3.05) is 31.1 Å². The van der Waals surface area contributed by atoms with Crippen molar-refractivity contribution in [3.8, 4) is 0 Å². The largest absolute Gasteiger partial charge is 0.459 e. The zero-order valence-corrected chi connectivity index (χ0v) is 22.1. The van der Waals surface area contributed by atoms with E-state index in [1.165, 1.54) is 6.07 Å². The average molecular weight is 522 g/mol. The Morgan fingerprint density at radius 1 is 0.943 bits per heavy atom. The molecule has 1 saturated heterocycles. The van der Waals surface area contributed by atoms with E-state index in [4.69, 9.17) is 9.16 Å². The first-order valence-corrected chi connectivity index (χ1v) is 14.2. The predicted molar refractivity (Wildman–Crippen MR) is 140 cm³/mol. The number of rotatable bonds is 6. The molecule has 1 aliphatic rings. The van der Waals surface area contributed by atoms with Crippen LogP contribution in [-0.2, 0) is 0 Å². The highest BCUT2D eigenvalue weighted by Crippen LogP contribution is 2.64. The van der Waals surface area contributed by atoms with Gasteiger partial charge in [-0.05, 0) is 55.5 Å². The molecule has 0 amide bonds. The molecule has 1 aliphatic heterocycles. The van der Waals surface area contributed by atoms with Crippen LogP contribution in [0, 0.1) is 12.7 Å². The molecule has 188 valence electrons. The number of furan rings is 1. The summed E-state index contributed by atoms with van der Waals surface area (Å²) in [7, 11) is -2.47. The molecular weight excluding hydrogens is 490 g/mol. The lowest BCUT2D eigenvalue weighted by molar-refractivity contribution is 0.252. The van der Waals surface area contributed by atoms with E-state index in [0.717, 1.165) is 16.9 Å². The van der Waals surface area contributed by atoms with Crippen LogP contribution in [0.3, 0.4) is 0 Å². The van der Waals surface area contributed by atoms with Gasteiger partial charge in [0.1, 0.15) is 18.8 Å². The molecule has 0 bridgehead atoms. The fourth-order valence-corrected chi connectivity index (χ4v) is 9.13. The fraction of sp³-hybridized carbons (Fsp3) is 0.385. The maximum atomic E-state index is 14.4. The van der Waals surface area contributed by atoms with Gasteiger partial charge in [-0.15, -0.1) is 0 Å². The van der Waals surface area contributed by atoms with E-state index in [1.807, 2.05) is 31.2 Å². The van der Waals surface area contributed by atoms with Crippen molar-refractivity contribution in [3.63, 3.8) is 0 Å². The molecule has 0 spiro atoms. The molecule has 0 aliphatic carbocycles. The Hall–Kier alpha value is -2.15. The SMILES string of the molecule is Cc1ccc([P@@](=Nc2ccc(SC(F)F)cc2)(N2CCN(c3ccccc3F)CC2)C(C)(C)C)o1. The van der Waals surface area contributed by atoms with Gasteiger partial charge in [0.25, 0.3) is 5.76 Å². The van der Waals surface area contributed by atoms with Gasteiger partial charge in [0.15, 0.2) is 5.50 Å². The number of piperazine rings is 1. The van der Waals surface area contributed by atoms with Gasteiger partial charge in [0.05, 0.1) is 11.4 Å². The summed E-state index contributed by atoms with van der Waals surface area (Å²) in [6.45, 7) is 11.2. The number of halogens is 3. The topological polar surface area (TPSA) is 32.0 Å². The Labute approximate surface area is 209 Å². The monoisotopic (exact) mass is 521 g/mol. The smallest absolute Gasteiger partial charge is 0.288 e. The Balaban J connectivity index is 1.75. The van der Waals surface area contributed by atoms with Crippen LogP contribution in [0.1, 0.15) is 26.5 Å². The molecule has 1 atom stereocenters. The minimum absolute atomic E-state index is 0.217. The maximum Gasteiger partial charge on any atom is 0.288 e. The van der Waals surface area contributed by atoms with Crippen molar-refractivity contribution < 1.29 is 17.6 Å². The van der Waals surface area contributed by atoms with Crippen molar-refractivity contribution in [2.45, 2.75) is 43.5 Å². The van der Waals surface area contributed by atoms with Gasteiger partial charge in [-0.2, -0.15) is 8.78 Å². The molecule has 0 radical (unpaired) electrons. The molecule has 2 aromatic carbocycles. The number of nitrogens with zero attached hydrogens (tertiary/aromatic N) is 3. The number of benzene rings is 2. The molecular formula is C26H31F3N3OPS. The zero-order chi connectivity index (χ0) is 25.2. The van der Waals surface area contributed by atoms with Crippen LogP contribution in [0.25, 0.3) is 0 Å². The van der Waals surface area contributed by atoms with Crippen molar-refractivity contribution in [1.82, 2.24) is 4.67 Å². The summed E-state index contributed by atoms with van der Waals surface area (Å²) in [5.41, 5.74) is 2.19. The Morgan fingerprint density at radius 2 is 1.60 bits per heavy atom. The summed E-state index contributed by atoms with van der Waals surface area (Å²) in [6, 6.07) is 17.8. The summed E-state index contributed by atoms with van der Waals surface area (Å²) in [5, 5.41) is -0.270. The summed E-state index contributed by atoms with van der Waals surface area (Å²) >= 11 is 0.527. The van der Waals surface area contributed by atoms with Gasteiger partial charge in [0, 0.05) is 36.2 Å². The highest BCUT2D eigenvalue weighted by molar-refractivity contribution is 7.99. The van der Waals surface area contributed by atoms with Gasteiger partial charge in [-0.3, -0.25) is 4.67 Å². The lowest BCUT2D eigenvalue weighted by Gasteiger charge is -2.47. The van der Waals surface area contributed by atoms with E-state index in [-0.39, 0.29) is 11.0 Å². The molecule has 0 unspecified atom stereocenters. The van der Waals surface area contributed by atoms with E-state index in [9.17, 15) is 13.2 Å². The standard InChI is InChI=1S/C26H31F3N3OPS/c1-19-9-14-24(33-19)34(26(2,3)4,30-20-10-12-21(13-11-20)35-25(28)29)32-17-15-31(16-18-32)23-8-6-5-7-22(23)27/h5-14,25H,15-18H2,1-4H3/t34-/m1/s1. The van der Waals surface area contributed by atoms with Crippen LogP contribution >= 0.6 is 19.0 Å². The second-order valence-corrected chi connectivity index (χ2v) is 14.3. The Bertz CT molecular complexity index is 1200. The van der Waals surface area contributed by atoms with Gasteiger partial charge in [-0.25, -0.2) is 9.14 Å². The second-order valence-electron chi connectivity index (χ2n) is 9.52. The molecule has 3 aromatic rings. The predicted octanol–water partition coefficient (Wildman–Crippen LogP) is 7.74. The Morgan fingerprint density at radius 3 is 2.14 bits per heavy atom. The molecule has 2 heterocycles. The molecule has 4 nitrogen and oxygen atoms in total. The molecule has 35 heavy (non-hydrogen) atoms. The average Bonchev–Trinajstić information content (AvgIpc) is 3.24. The number of anilines is 1. The number of thioether (sulfide) groups is 1. The van der Waals surface area contributed by atoms with Gasteiger partial charge >= 0.3 is 0 Å². The van der Waals surface area contributed by atoms with E-state index in [0.29, 0.717) is 48.5 Å². The molecule has 0 saturated carbocycles. The highest BCUT2D eigenvalue weighted by atomic mass is 32.2. The van der Waals surface area contributed by atoms with Crippen molar-refractivity contribution in [2.24, 2.45) is 4.74 Å². The van der Waals surface area contributed by atoms with E-state index >= 15 is 0 Å². The maximum absolute atomic E-state index is 14.4. The number of para-hydroxylation sites is 1. The first-order chi connectivity index (χ1) is 16.6. The lowest BCUT2D eigenvalue weighted by Crippen LogP contribution is -2.49. The molecule has 9 heteroatoms. The third kappa shape index (κ3) is 5.50. The normalized spacial score (nSPS) is 17.0. The van der Waals surface area contributed by atoms with Crippen LogP contribution in [0.4, 0.5) is 24.5 Å². The number of hydrogen-bond acceptors (Lipinski definition) is 4. The molecule has 1 fully saturated rings. The highest BCUT2D eigenvalue weighted by Gasteiger charge is 2.44. The number of alkyl halides is 2. The fourth-order valence-electron chi connectivity index (χ4n) is 4.54. The van der Waals surface area contributed by atoms with Gasteiger partial charge in [-0.1, -0.05) is 44.7 Å². The zero-order valence-electron chi connectivity index (χ0n) is 20.4. The molecule has 4 rings (SSSR count). The van der Waals surface area contributed by atoms with Crippen molar-refractivity contribution >= 4 is 35.8 Å². The van der Waals surface area contributed by atoms with Crippen LogP contribution in [-0.4, -0.2) is 41.8 Å². The van der Waals surface area contributed by atoms with Crippen LogP contribution in [0.2, 0.25) is 0 Å². The van der Waals surface area contributed by atoms with Crippen molar-refractivity contribution in [3.05, 3.63) is 72.2 Å². The quantitative estimate of drug-likeness (QED) is 0.245. The summed E-state index contributed by atoms with van der Waals surface area (Å²) in [5.74, 6) is -1.86. The van der Waals surface area contributed by atoms with Gasteiger partial charge < -0.3 is 9.32 Å². The van der Waals surface area contributed by atoms with Crippen LogP contribution < -0.4 is 10.4 Å². The van der Waals surface area contributed by atoms with E-state index < -0.39 is 13.0 Å². The summed E-state index contributed by atoms with van der Waals surface area (Å²) < 4.78 is 54.0. The van der Waals surface area contributed by atoms with Crippen molar-refractivity contribution in [1.29, 1.82) is 0 Å². The third-order valence-electron chi connectivity index (χ3n) is 6.15. The number of hydrogen-bond donors (Lipinski definition) is 0. The molecule has 1 aromatic heterocycles. The Kier molecular flexibility index (Phi) is 7.74. The first kappa shape index (κ1) is 25.9. The second kappa shape index (κ2) is 10.5. The molecule has 0 N–H and O–H groups in total. The number of aryl methyl sites for hydroxylation is 1. The first-order valence-electron chi connectivity index (χ1n) is 11.6. The summed E-state index contributed by atoms with van der Waals surface area (Å²) in [6.07, 6.45) is 0. The van der Waals surface area contributed by atoms with E-state index in [2.05, 4.69) is 30.3 Å². The van der Waals surface area contributed by atoms with Crippen LogP contribution in [0.15, 0.2) is 74.7 Å². The van der Waals surface area contributed by atoms with Crippen LogP contribution in [0.5, 0.6) is 0 Å². The minimum atomic E-state index is -2.47.